The Morgan fingerprint density at radius 1 is 1.80 bits per heavy atom. The highest BCUT2D eigenvalue weighted by molar-refractivity contribution is 7.11. The van der Waals surface area contributed by atoms with E-state index in [2.05, 4.69) is 10.3 Å². The first-order chi connectivity index (χ1) is 7.13. The second kappa shape index (κ2) is 5.79. The first kappa shape index (κ1) is 12.1. The monoisotopic (exact) mass is 230 g/mol. The van der Waals surface area contributed by atoms with E-state index < -0.39 is 5.97 Å². The summed E-state index contributed by atoms with van der Waals surface area (Å²) >= 11 is 1.14. The first-order valence-corrected chi connectivity index (χ1v) is 5.41. The molecule has 1 aromatic rings. The summed E-state index contributed by atoms with van der Waals surface area (Å²) in [5.74, 6) is -0.976. The fourth-order valence-corrected chi connectivity index (χ4v) is 1.73. The maximum absolute atomic E-state index is 10.6. The molecule has 0 aliphatic carbocycles. The minimum atomic E-state index is -0.976. The van der Waals surface area contributed by atoms with Crippen molar-refractivity contribution in [2.24, 2.45) is 0 Å². The number of nitrogens with zero attached hydrogens (tertiary/aromatic N) is 1. The van der Waals surface area contributed by atoms with Crippen LogP contribution in [0.1, 0.15) is 22.4 Å². The third-order valence-corrected chi connectivity index (χ3v) is 2.66. The minimum Gasteiger partial charge on any atom is -0.476 e. The van der Waals surface area contributed by atoms with Crippen molar-refractivity contribution in [1.29, 1.82) is 0 Å². The van der Waals surface area contributed by atoms with Gasteiger partial charge < -0.3 is 15.2 Å². The lowest BCUT2D eigenvalue weighted by molar-refractivity contribution is 0.0696. The van der Waals surface area contributed by atoms with Crippen molar-refractivity contribution in [3.8, 4) is 0 Å². The van der Waals surface area contributed by atoms with Gasteiger partial charge in [-0.2, -0.15) is 0 Å². The summed E-state index contributed by atoms with van der Waals surface area (Å²) < 4.78 is 4.96. The molecule has 0 spiro atoms. The molecule has 1 atom stereocenters. The average Bonchev–Trinajstić information content (AvgIpc) is 2.63. The molecule has 1 unspecified atom stereocenters. The lowest BCUT2D eigenvalue weighted by Gasteiger charge is -2.10. The number of thiazole rings is 1. The molecule has 5 nitrogen and oxygen atoms in total. The van der Waals surface area contributed by atoms with Crippen LogP contribution in [0.4, 0.5) is 0 Å². The highest BCUT2D eigenvalue weighted by atomic mass is 32.1. The van der Waals surface area contributed by atoms with Gasteiger partial charge in [0.25, 0.3) is 0 Å². The number of carbonyl (C=O) groups is 1. The third kappa shape index (κ3) is 3.94. The quantitative estimate of drug-likeness (QED) is 0.761. The molecule has 0 fully saturated rings. The van der Waals surface area contributed by atoms with Crippen LogP contribution in [0.3, 0.4) is 0 Å². The van der Waals surface area contributed by atoms with Crippen LogP contribution >= 0.6 is 11.3 Å². The molecule has 84 valence electrons. The molecule has 0 amide bonds. The highest BCUT2D eigenvalue weighted by Crippen LogP contribution is 2.09. The van der Waals surface area contributed by atoms with E-state index in [1.807, 2.05) is 6.92 Å². The number of rotatable bonds is 6. The zero-order valence-electron chi connectivity index (χ0n) is 8.69. The molecule has 0 saturated carbocycles. The van der Waals surface area contributed by atoms with Gasteiger partial charge in [-0.05, 0) is 6.92 Å². The fraction of sp³-hybridized carbons (Fsp3) is 0.556. The van der Waals surface area contributed by atoms with Crippen LogP contribution in [0, 0.1) is 0 Å². The SMILES string of the molecule is COCC(C)NCc1csc(C(=O)O)n1. The van der Waals surface area contributed by atoms with Gasteiger partial charge in [0, 0.05) is 25.1 Å². The van der Waals surface area contributed by atoms with Gasteiger partial charge in [0.15, 0.2) is 0 Å². The van der Waals surface area contributed by atoms with Crippen LogP contribution < -0.4 is 5.32 Å². The van der Waals surface area contributed by atoms with E-state index in [-0.39, 0.29) is 11.0 Å². The number of carboxylic acids is 1. The van der Waals surface area contributed by atoms with Crippen molar-refractivity contribution in [3.63, 3.8) is 0 Å². The average molecular weight is 230 g/mol. The molecule has 0 aliphatic rings. The smallest absolute Gasteiger partial charge is 0.365 e. The van der Waals surface area contributed by atoms with Crippen molar-refractivity contribution < 1.29 is 14.6 Å². The van der Waals surface area contributed by atoms with Gasteiger partial charge in [-0.3, -0.25) is 0 Å². The van der Waals surface area contributed by atoms with Crippen LogP contribution in [-0.2, 0) is 11.3 Å². The number of nitrogens with one attached hydrogen (secondary N) is 1. The largest absolute Gasteiger partial charge is 0.476 e. The van der Waals surface area contributed by atoms with Gasteiger partial charge in [-0.15, -0.1) is 11.3 Å². The van der Waals surface area contributed by atoms with Gasteiger partial charge in [-0.25, -0.2) is 9.78 Å². The highest BCUT2D eigenvalue weighted by Gasteiger charge is 2.09. The number of methoxy groups -OCH3 is 1. The molecule has 6 heteroatoms. The number of aromatic nitrogens is 1. The molecule has 0 radical (unpaired) electrons. The van der Waals surface area contributed by atoms with Crippen molar-refractivity contribution in [2.45, 2.75) is 19.5 Å². The lowest BCUT2D eigenvalue weighted by Crippen LogP contribution is -2.29. The van der Waals surface area contributed by atoms with Crippen LogP contribution in [0.25, 0.3) is 0 Å². The van der Waals surface area contributed by atoms with E-state index in [1.165, 1.54) is 0 Å². The lowest BCUT2D eigenvalue weighted by atomic mass is 10.3. The van der Waals surface area contributed by atoms with Crippen molar-refractivity contribution in [2.75, 3.05) is 13.7 Å². The minimum absolute atomic E-state index is 0.131. The molecule has 15 heavy (non-hydrogen) atoms. The number of hydrogen-bond acceptors (Lipinski definition) is 5. The van der Waals surface area contributed by atoms with Crippen molar-refractivity contribution >= 4 is 17.3 Å². The van der Waals surface area contributed by atoms with Crippen LogP contribution in [-0.4, -0.2) is 35.8 Å². The molecule has 1 heterocycles. The Morgan fingerprint density at radius 2 is 2.53 bits per heavy atom. The molecule has 0 aliphatic heterocycles. The zero-order chi connectivity index (χ0) is 11.3. The molecule has 0 aromatic carbocycles. The predicted octanol–water partition coefficient (Wildman–Crippen LogP) is 0.966. The molecule has 1 rings (SSSR count). The first-order valence-electron chi connectivity index (χ1n) is 4.53. The van der Waals surface area contributed by atoms with E-state index in [9.17, 15) is 4.79 Å². The Labute approximate surface area is 92.1 Å². The van der Waals surface area contributed by atoms with Gasteiger partial charge in [-0.1, -0.05) is 0 Å². The van der Waals surface area contributed by atoms with E-state index in [1.54, 1.807) is 12.5 Å². The standard InChI is InChI=1S/C9H14N2O3S/c1-6(4-14-2)10-3-7-5-15-8(11-7)9(12)13/h5-6,10H,3-4H2,1-2H3,(H,12,13). The number of aromatic carboxylic acids is 1. The zero-order valence-corrected chi connectivity index (χ0v) is 9.50. The summed E-state index contributed by atoms with van der Waals surface area (Å²) in [7, 11) is 1.64. The van der Waals surface area contributed by atoms with Crippen molar-refractivity contribution in [1.82, 2.24) is 10.3 Å². The Kier molecular flexibility index (Phi) is 4.67. The molecule has 2 N–H and O–H groups in total. The van der Waals surface area contributed by atoms with E-state index >= 15 is 0 Å². The van der Waals surface area contributed by atoms with Crippen LogP contribution in [0.5, 0.6) is 0 Å². The van der Waals surface area contributed by atoms with Crippen molar-refractivity contribution in [3.05, 3.63) is 16.1 Å². The third-order valence-electron chi connectivity index (χ3n) is 1.78. The van der Waals surface area contributed by atoms with Crippen LogP contribution in [0.2, 0.25) is 0 Å². The summed E-state index contributed by atoms with van der Waals surface area (Å²) in [6, 6.07) is 0.227. The number of hydrogen-bond donors (Lipinski definition) is 2. The molecule has 1 aromatic heterocycles. The normalized spacial score (nSPS) is 12.7. The Bertz CT molecular complexity index is 327. The summed E-state index contributed by atoms with van der Waals surface area (Å²) in [6.45, 7) is 3.18. The second-order valence-electron chi connectivity index (χ2n) is 3.19. The van der Waals surface area contributed by atoms with E-state index in [4.69, 9.17) is 9.84 Å². The maximum atomic E-state index is 10.6. The predicted molar refractivity (Wildman–Crippen MR) is 57.3 cm³/mol. The Balaban J connectivity index is 2.40. The second-order valence-corrected chi connectivity index (χ2v) is 4.04. The maximum Gasteiger partial charge on any atom is 0.365 e. The molecular weight excluding hydrogens is 216 g/mol. The fourth-order valence-electron chi connectivity index (χ4n) is 1.07. The summed E-state index contributed by atoms with van der Waals surface area (Å²) in [6.07, 6.45) is 0. The van der Waals surface area contributed by atoms with E-state index in [0.29, 0.717) is 13.2 Å². The summed E-state index contributed by atoms with van der Waals surface area (Å²) in [5.41, 5.74) is 0.750. The van der Waals surface area contributed by atoms with Gasteiger partial charge >= 0.3 is 5.97 Å². The Hall–Kier alpha value is -0.980. The van der Waals surface area contributed by atoms with Gasteiger partial charge in [0.2, 0.25) is 5.01 Å². The van der Waals surface area contributed by atoms with E-state index in [0.717, 1.165) is 17.0 Å². The van der Waals surface area contributed by atoms with Gasteiger partial charge in [0.1, 0.15) is 0 Å². The van der Waals surface area contributed by atoms with Gasteiger partial charge in [0.05, 0.1) is 12.3 Å². The number of carboxylic acid groups (broad SMARTS) is 1. The number of ether oxygens (including phenoxy) is 1. The molecular formula is C9H14N2O3S. The Morgan fingerprint density at radius 3 is 3.07 bits per heavy atom. The summed E-state index contributed by atoms with van der Waals surface area (Å²) in [4.78, 5) is 14.5. The molecule has 0 bridgehead atoms. The molecule has 0 saturated heterocycles. The topological polar surface area (TPSA) is 71.5 Å². The summed E-state index contributed by atoms with van der Waals surface area (Å²) in [5, 5.41) is 13.7. The van der Waals surface area contributed by atoms with Crippen LogP contribution in [0.15, 0.2) is 5.38 Å².